The second-order valence-corrected chi connectivity index (χ2v) is 7.57. The maximum Gasteiger partial charge on any atom is 0.439 e. The number of hydrogen-bond acceptors (Lipinski definition) is 1. The molecule has 2 rings (SSSR count). The van der Waals surface area contributed by atoms with Gasteiger partial charge in [0, 0.05) is 0 Å². The third kappa shape index (κ3) is 6.19. The predicted molar refractivity (Wildman–Crippen MR) is 92.0 cm³/mol. The van der Waals surface area contributed by atoms with Crippen LogP contribution in [0.25, 0.3) is 0 Å². The summed E-state index contributed by atoms with van der Waals surface area (Å²) in [4.78, 5) is 0. The Morgan fingerprint density at radius 2 is 1.67 bits per heavy atom. The van der Waals surface area contributed by atoms with Crippen molar-refractivity contribution in [3.05, 3.63) is 28.8 Å². The number of aryl methyl sites for hydroxylation is 1. The molecule has 0 spiro atoms. The summed E-state index contributed by atoms with van der Waals surface area (Å²) in [5, 5.41) is -0.267. The second-order valence-electron chi connectivity index (χ2n) is 7.17. The Morgan fingerprint density at radius 3 is 2.19 bits per heavy atom. The number of alkyl halides is 6. The Balaban J connectivity index is 1.93. The number of ether oxygens (including phenoxy) is 1. The van der Waals surface area contributed by atoms with Gasteiger partial charge in [0.1, 0.15) is 5.75 Å². The highest BCUT2D eigenvalue weighted by Crippen LogP contribution is 2.39. The summed E-state index contributed by atoms with van der Waals surface area (Å²) in [6, 6.07) is 3.91. The molecular formula is C19H23ClF6O. The van der Waals surface area contributed by atoms with Crippen LogP contribution in [0.1, 0.15) is 51.0 Å². The van der Waals surface area contributed by atoms with Crippen LogP contribution in [-0.2, 0) is 6.42 Å². The van der Waals surface area contributed by atoms with Crippen LogP contribution >= 0.6 is 11.6 Å². The van der Waals surface area contributed by atoms with Gasteiger partial charge in [-0.3, -0.25) is 0 Å². The molecule has 0 heterocycles. The Kier molecular flexibility index (Phi) is 7.33. The molecule has 8 heteroatoms. The van der Waals surface area contributed by atoms with Crippen molar-refractivity contribution < 1.29 is 31.1 Å². The third-order valence-electron chi connectivity index (χ3n) is 5.21. The van der Waals surface area contributed by atoms with Crippen molar-refractivity contribution in [2.45, 2.75) is 70.3 Å². The van der Waals surface area contributed by atoms with Crippen LogP contribution in [0.15, 0.2) is 18.2 Å². The molecule has 1 aliphatic rings. The molecule has 154 valence electrons. The Labute approximate surface area is 160 Å². The summed E-state index contributed by atoms with van der Waals surface area (Å²) in [6.07, 6.45) is -7.64. The summed E-state index contributed by atoms with van der Waals surface area (Å²) in [6.45, 7) is 2.19. The van der Waals surface area contributed by atoms with Crippen LogP contribution in [-0.4, -0.2) is 18.5 Å². The fourth-order valence-electron chi connectivity index (χ4n) is 3.47. The van der Waals surface area contributed by atoms with E-state index in [9.17, 15) is 26.3 Å². The molecule has 1 unspecified atom stereocenters. The van der Waals surface area contributed by atoms with E-state index in [0.717, 1.165) is 36.8 Å². The summed E-state index contributed by atoms with van der Waals surface area (Å²) < 4.78 is 80.1. The Bertz CT molecular complexity index is 611. The minimum atomic E-state index is -5.73. The van der Waals surface area contributed by atoms with E-state index in [0.29, 0.717) is 12.3 Å². The SMILES string of the molecule is CCC1CCC(CCc2ccc(OC(F)(F)C(F)C(F)(F)F)c(Cl)c2)CC1. The van der Waals surface area contributed by atoms with Gasteiger partial charge in [-0.2, -0.15) is 22.0 Å². The average molecular weight is 417 g/mol. The molecule has 0 N–H and O–H groups in total. The van der Waals surface area contributed by atoms with Gasteiger partial charge in [0.05, 0.1) is 5.02 Å². The van der Waals surface area contributed by atoms with Gasteiger partial charge in [0.2, 0.25) is 0 Å². The van der Waals surface area contributed by atoms with Crippen molar-refractivity contribution >= 4 is 11.6 Å². The van der Waals surface area contributed by atoms with Gasteiger partial charge in [-0.25, -0.2) is 4.39 Å². The van der Waals surface area contributed by atoms with Crippen molar-refractivity contribution in [1.82, 2.24) is 0 Å². The molecule has 0 aromatic heterocycles. The van der Waals surface area contributed by atoms with Crippen molar-refractivity contribution in [1.29, 1.82) is 0 Å². The molecule has 0 saturated heterocycles. The Hall–Kier alpha value is -1.11. The summed E-state index contributed by atoms with van der Waals surface area (Å²) in [5.41, 5.74) is 0.779. The fraction of sp³-hybridized carbons (Fsp3) is 0.684. The zero-order valence-electron chi connectivity index (χ0n) is 15.0. The quantitative estimate of drug-likeness (QED) is 0.422. The molecule has 1 aromatic carbocycles. The number of hydrogen-bond donors (Lipinski definition) is 0. The lowest BCUT2D eigenvalue weighted by Crippen LogP contribution is -2.45. The molecule has 0 amide bonds. The molecule has 0 aliphatic heterocycles. The first-order valence-electron chi connectivity index (χ1n) is 9.09. The zero-order chi connectivity index (χ0) is 20.2. The molecular weight excluding hydrogens is 394 g/mol. The lowest BCUT2D eigenvalue weighted by atomic mass is 9.78. The van der Waals surface area contributed by atoms with E-state index in [1.165, 1.54) is 31.4 Å². The van der Waals surface area contributed by atoms with Gasteiger partial charge in [0.25, 0.3) is 6.17 Å². The van der Waals surface area contributed by atoms with E-state index < -0.39 is 24.2 Å². The van der Waals surface area contributed by atoms with Crippen LogP contribution in [0.5, 0.6) is 5.75 Å². The monoisotopic (exact) mass is 416 g/mol. The molecule has 1 atom stereocenters. The van der Waals surface area contributed by atoms with E-state index in [-0.39, 0.29) is 5.02 Å². The minimum absolute atomic E-state index is 0.267. The molecule has 1 saturated carbocycles. The lowest BCUT2D eigenvalue weighted by Gasteiger charge is -2.27. The van der Waals surface area contributed by atoms with Crippen LogP contribution in [0.2, 0.25) is 5.02 Å². The van der Waals surface area contributed by atoms with E-state index in [4.69, 9.17) is 11.6 Å². The molecule has 1 nitrogen and oxygen atoms in total. The van der Waals surface area contributed by atoms with Gasteiger partial charge in [0.15, 0.2) is 0 Å². The second kappa shape index (κ2) is 8.93. The van der Waals surface area contributed by atoms with Crippen molar-refractivity contribution in [2.75, 3.05) is 0 Å². The first-order valence-corrected chi connectivity index (χ1v) is 9.46. The average Bonchev–Trinajstić information content (AvgIpc) is 2.61. The van der Waals surface area contributed by atoms with Gasteiger partial charge < -0.3 is 4.74 Å². The van der Waals surface area contributed by atoms with E-state index in [2.05, 4.69) is 11.7 Å². The first-order chi connectivity index (χ1) is 12.5. The third-order valence-corrected chi connectivity index (χ3v) is 5.51. The van der Waals surface area contributed by atoms with Crippen molar-refractivity contribution in [2.24, 2.45) is 11.8 Å². The summed E-state index contributed by atoms with van der Waals surface area (Å²) in [7, 11) is 0. The maximum atomic E-state index is 13.4. The van der Waals surface area contributed by atoms with Gasteiger partial charge in [-0.15, -0.1) is 0 Å². The first kappa shape index (κ1) is 22.2. The molecule has 27 heavy (non-hydrogen) atoms. The van der Waals surface area contributed by atoms with Crippen LogP contribution in [0, 0.1) is 11.8 Å². The molecule has 1 aromatic rings. The molecule has 0 bridgehead atoms. The van der Waals surface area contributed by atoms with E-state index in [1.54, 1.807) is 0 Å². The summed E-state index contributed by atoms with van der Waals surface area (Å²) in [5.74, 6) is 0.719. The topological polar surface area (TPSA) is 9.23 Å². The van der Waals surface area contributed by atoms with Gasteiger partial charge >= 0.3 is 12.3 Å². The van der Waals surface area contributed by atoms with Crippen LogP contribution < -0.4 is 4.74 Å². The fourth-order valence-corrected chi connectivity index (χ4v) is 3.71. The minimum Gasteiger partial charge on any atom is -0.429 e. The molecule has 0 radical (unpaired) electrons. The Morgan fingerprint density at radius 1 is 1.07 bits per heavy atom. The van der Waals surface area contributed by atoms with Gasteiger partial charge in [-0.05, 0) is 42.4 Å². The number of benzene rings is 1. The lowest BCUT2D eigenvalue weighted by molar-refractivity contribution is -0.304. The predicted octanol–water partition coefficient (Wildman–Crippen LogP) is 7.36. The largest absolute Gasteiger partial charge is 0.439 e. The smallest absolute Gasteiger partial charge is 0.429 e. The standard InChI is InChI=1S/C19H23ClF6O/c1-2-12-3-5-13(6-4-12)7-8-14-9-10-16(15(20)11-14)27-19(25,26)17(21)18(22,23)24/h9-13,17H,2-8H2,1H3. The highest BCUT2D eigenvalue weighted by Gasteiger charge is 2.59. The normalized spacial score (nSPS) is 22.5. The van der Waals surface area contributed by atoms with Crippen LogP contribution in [0.4, 0.5) is 26.3 Å². The van der Waals surface area contributed by atoms with E-state index >= 15 is 0 Å². The highest BCUT2D eigenvalue weighted by atomic mass is 35.5. The van der Waals surface area contributed by atoms with E-state index in [1.807, 2.05) is 0 Å². The highest BCUT2D eigenvalue weighted by molar-refractivity contribution is 6.32. The van der Waals surface area contributed by atoms with Crippen molar-refractivity contribution in [3.8, 4) is 5.75 Å². The number of halogens is 7. The van der Waals surface area contributed by atoms with Gasteiger partial charge in [-0.1, -0.05) is 56.7 Å². The molecule has 1 aliphatic carbocycles. The maximum absolute atomic E-state index is 13.4. The summed E-state index contributed by atoms with van der Waals surface area (Å²) >= 11 is 5.85. The van der Waals surface area contributed by atoms with Crippen LogP contribution in [0.3, 0.4) is 0 Å². The van der Waals surface area contributed by atoms with Crippen molar-refractivity contribution in [3.63, 3.8) is 0 Å². The number of rotatable bonds is 7. The molecule has 1 fully saturated rings. The zero-order valence-corrected chi connectivity index (χ0v) is 15.7.